The normalized spacial score (nSPS) is 10.3. The molecule has 2 rings (SSSR count). The van der Waals surface area contributed by atoms with Gasteiger partial charge < -0.3 is 19.1 Å². The van der Waals surface area contributed by atoms with E-state index in [9.17, 15) is 4.79 Å². The van der Waals surface area contributed by atoms with Crippen LogP contribution in [0.5, 0.6) is 17.2 Å². The Morgan fingerprint density at radius 2 is 1.60 bits per heavy atom. The minimum atomic E-state index is -0.203. The van der Waals surface area contributed by atoms with E-state index >= 15 is 0 Å². The molecule has 25 heavy (non-hydrogen) atoms. The molecular weight excluding hydrogens is 365 g/mol. The van der Waals surface area contributed by atoms with Crippen LogP contribution in [0.2, 0.25) is 10.0 Å². The van der Waals surface area contributed by atoms with Crippen LogP contribution in [0.4, 0.5) is 0 Å². The number of hydrogen-bond acceptors (Lipinski definition) is 4. The van der Waals surface area contributed by atoms with E-state index in [1.54, 1.807) is 42.3 Å². The molecule has 0 unspecified atom stereocenters. The molecule has 0 heterocycles. The highest BCUT2D eigenvalue weighted by molar-refractivity contribution is 6.35. The Balaban J connectivity index is 2.29. The maximum Gasteiger partial charge on any atom is 0.254 e. The Kier molecular flexibility index (Phi) is 6.39. The average Bonchev–Trinajstić information content (AvgIpc) is 2.61. The van der Waals surface area contributed by atoms with E-state index in [0.717, 1.165) is 5.56 Å². The van der Waals surface area contributed by atoms with Gasteiger partial charge in [-0.05, 0) is 29.8 Å². The van der Waals surface area contributed by atoms with Crippen molar-refractivity contribution < 1.29 is 19.0 Å². The molecule has 0 saturated heterocycles. The molecule has 5 nitrogen and oxygen atoms in total. The van der Waals surface area contributed by atoms with E-state index in [2.05, 4.69) is 0 Å². The summed E-state index contributed by atoms with van der Waals surface area (Å²) in [5.41, 5.74) is 1.22. The maximum absolute atomic E-state index is 12.8. The molecule has 0 atom stereocenters. The van der Waals surface area contributed by atoms with Crippen molar-refractivity contribution in [3.05, 3.63) is 51.5 Å². The number of ether oxygens (including phenoxy) is 3. The second-order valence-electron chi connectivity index (χ2n) is 5.31. The first kappa shape index (κ1) is 19.2. The lowest BCUT2D eigenvalue weighted by Crippen LogP contribution is -2.26. The highest BCUT2D eigenvalue weighted by atomic mass is 35.5. The third-order valence-electron chi connectivity index (χ3n) is 3.68. The number of nitrogens with zero attached hydrogens (tertiary/aromatic N) is 1. The number of amides is 1. The predicted molar refractivity (Wildman–Crippen MR) is 98.4 cm³/mol. The van der Waals surface area contributed by atoms with Crippen LogP contribution in [0.15, 0.2) is 30.3 Å². The molecule has 7 heteroatoms. The Morgan fingerprint density at radius 3 is 2.08 bits per heavy atom. The first-order chi connectivity index (χ1) is 11.9. The zero-order valence-electron chi connectivity index (χ0n) is 14.4. The molecule has 2 aromatic carbocycles. The second kappa shape index (κ2) is 8.32. The van der Waals surface area contributed by atoms with Gasteiger partial charge in [-0.15, -0.1) is 0 Å². The molecule has 0 N–H and O–H groups in total. The molecule has 0 aliphatic heterocycles. The quantitative estimate of drug-likeness (QED) is 0.746. The van der Waals surface area contributed by atoms with Gasteiger partial charge in [0.2, 0.25) is 5.75 Å². The van der Waals surface area contributed by atoms with Gasteiger partial charge in [-0.25, -0.2) is 0 Å². The van der Waals surface area contributed by atoms with Gasteiger partial charge in [0.25, 0.3) is 5.91 Å². The largest absolute Gasteiger partial charge is 0.493 e. The summed E-state index contributed by atoms with van der Waals surface area (Å²) in [5.74, 6) is 1.07. The summed E-state index contributed by atoms with van der Waals surface area (Å²) >= 11 is 12.1. The monoisotopic (exact) mass is 383 g/mol. The summed E-state index contributed by atoms with van der Waals surface area (Å²) in [7, 11) is 6.21. The Morgan fingerprint density at radius 1 is 1.00 bits per heavy atom. The van der Waals surface area contributed by atoms with Crippen LogP contribution in [0, 0.1) is 0 Å². The average molecular weight is 384 g/mol. The highest BCUT2D eigenvalue weighted by Gasteiger charge is 2.20. The summed E-state index contributed by atoms with van der Waals surface area (Å²) in [6, 6.07) is 8.41. The van der Waals surface area contributed by atoms with Crippen molar-refractivity contribution in [3.8, 4) is 17.2 Å². The summed E-state index contributed by atoms with van der Waals surface area (Å²) in [5, 5.41) is 1.06. The number of carbonyl (C=O) groups excluding carboxylic acids is 1. The fourth-order valence-corrected chi connectivity index (χ4v) is 2.87. The lowest BCUT2D eigenvalue weighted by molar-refractivity contribution is 0.0784. The van der Waals surface area contributed by atoms with E-state index in [4.69, 9.17) is 37.4 Å². The van der Waals surface area contributed by atoms with E-state index < -0.39 is 0 Å². The predicted octanol–water partition coefficient (Wildman–Crippen LogP) is 4.29. The number of rotatable bonds is 6. The molecule has 0 fully saturated rings. The van der Waals surface area contributed by atoms with Crippen LogP contribution in [0.25, 0.3) is 0 Å². The summed E-state index contributed by atoms with van der Waals surface area (Å²) < 4.78 is 15.8. The fraction of sp³-hybridized carbons (Fsp3) is 0.278. The zero-order chi connectivity index (χ0) is 18.6. The maximum atomic E-state index is 12.8. The van der Waals surface area contributed by atoms with Crippen LogP contribution in [-0.4, -0.2) is 39.2 Å². The van der Waals surface area contributed by atoms with Gasteiger partial charge in [0.15, 0.2) is 11.5 Å². The summed E-state index contributed by atoms with van der Waals surface area (Å²) in [4.78, 5) is 14.3. The Hall–Kier alpha value is -2.11. The van der Waals surface area contributed by atoms with Gasteiger partial charge in [-0.1, -0.05) is 29.3 Å². The molecule has 0 aliphatic carbocycles. The SMILES string of the molecule is COc1cc(C(=O)N(C)Cc2ccc(Cl)cc2Cl)cc(OC)c1OC. The first-order valence-corrected chi connectivity index (χ1v) is 8.16. The number of benzene rings is 2. The number of methoxy groups -OCH3 is 3. The van der Waals surface area contributed by atoms with E-state index in [0.29, 0.717) is 39.4 Å². The molecular formula is C18H19Cl2NO4. The van der Waals surface area contributed by atoms with Gasteiger partial charge in [0.05, 0.1) is 21.3 Å². The van der Waals surface area contributed by atoms with Gasteiger partial charge in [-0.2, -0.15) is 0 Å². The van der Waals surface area contributed by atoms with Crippen LogP contribution in [0.1, 0.15) is 15.9 Å². The third-order valence-corrected chi connectivity index (χ3v) is 4.27. The number of halogens is 2. The molecule has 134 valence electrons. The summed E-state index contributed by atoms with van der Waals surface area (Å²) in [6.45, 7) is 0.339. The Bertz CT molecular complexity index is 755. The van der Waals surface area contributed by atoms with Crippen molar-refractivity contribution in [1.82, 2.24) is 4.90 Å². The minimum absolute atomic E-state index is 0.203. The van der Waals surface area contributed by atoms with Gasteiger partial charge in [0, 0.05) is 29.2 Å². The second-order valence-corrected chi connectivity index (χ2v) is 6.15. The van der Waals surface area contributed by atoms with E-state index in [1.807, 2.05) is 0 Å². The van der Waals surface area contributed by atoms with Crippen molar-refractivity contribution in [1.29, 1.82) is 0 Å². The van der Waals surface area contributed by atoms with E-state index in [-0.39, 0.29) is 5.91 Å². The third kappa shape index (κ3) is 4.30. The molecule has 0 aliphatic rings. The molecule has 0 radical (unpaired) electrons. The fourth-order valence-electron chi connectivity index (χ4n) is 2.40. The van der Waals surface area contributed by atoms with Crippen molar-refractivity contribution in [2.75, 3.05) is 28.4 Å². The molecule has 0 aromatic heterocycles. The topological polar surface area (TPSA) is 48.0 Å². The zero-order valence-corrected chi connectivity index (χ0v) is 15.9. The lowest BCUT2D eigenvalue weighted by Gasteiger charge is -2.20. The van der Waals surface area contributed by atoms with Crippen LogP contribution >= 0.6 is 23.2 Å². The lowest BCUT2D eigenvalue weighted by atomic mass is 10.1. The van der Waals surface area contributed by atoms with Gasteiger partial charge >= 0.3 is 0 Å². The van der Waals surface area contributed by atoms with Crippen LogP contribution < -0.4 is 14.2 Å². The smallest absolute Gasteiger partial charge is 0.254 e. The van der Waals surface area contributed by atoms with Crippen molar-refractivity contribution in [3.63, 3.8) is 0 Å². The first-order valence-electron chi connectivity index (χ1n) is 7.40. The van der Waals surface area contributed by atoms with Gasteiger partial charge in [-0.3, -0.25) is 4.79 Å². The van der Waals surface area contributed by atoms with Crippen LogP contribution in [0.3, 0.4) is 0 Å². The summed E-state index contributed by atoms with van der Waals surface area (Å²) in [6.07, 6.45) is 0. The molecule has 2 aromatic rings. The highest BCUT2D eigenvalue weighted by Crippen LogP contribution is 2.38. The van der Waals surface area contributed by atoms with Gasteiger partial charge in [0.1, 0.15) is 0 Å². The standard InChI is InChI=1S/C18H19Cl2NO4/c1-21(10-11-5-6-13(19)9-14(11)20)18(22)12-7-15(23-2)17(25-4)16(8-12)24-3/h5-9H,10H2,1-4H3. The molecule has 0 spiro atoms. The molecule has 0 bridgehead atoms. The molecule has 1 amide bonds. The van der Waals surface area contributed by atoms with Crippen molar-refractivity contribution in [2.45, 2.75) is 6.54 Å². The molecule has 0 saturated carbocycles. The van der Waals surface area contributed by atoms with Crippen molar-refractivity contribution in [2.24, 2.45) is 0 Å². The van der Waals surface area contributed by atoms with Crippen molar-refractivity contribution >= 4 is 29.1 Å². The Labute approximate surface area is 157 Å². The number of carbonyl (C=O) groups is 1. The number of hydrogen-bond donors (Lipinski definition) is 0. The van der Waals surface area contributed by atoms with E-state index in [1.165, 1.54) is 21.3 Å². The van der Waals surface area contributed by atoms with Crippen LogP contribution in [-0.2, 0) is 6.54 Å². The minimum Gasteiger partial charge on any atom is -0.493 e.